The van der Waals surface area contributed by atoms with E-state index in [1.807, 2.05) is 12.1 Å². The van der Waals surface area contributed by atoms with E-state index in [0.717, 1.165) is 36.3 Å². The highest BCUT2D eigenvalue weighted by Crippen LogP contribution is 2.24. The van der Waals surface area contributed by atoms with Gasteiger partial charge in [-0.3, -0.25) is 23.6 Å². The molecule has 4 heterocycles. The molecule has 4 rings (SSSR count). The van der Waals surface area contributed by atoms with Gasteiger partial charge >= 0.3 is 5.69 Å². The molecule has 3 aromatic rings. The highest BCUT2D eigenvalue weighted by atomic mass is 16.3. The number of rotatable bonds is 6. The minimum absolute atomic E-state index is 0.0235. The minimum atomic E-state index is -0.473. The molecule has 0 saturated carbocycles. The van der Waals surface area contributed by atoms with Gasteiger partial charge in [0.2, 0.25) is 5.91 Å². The number of imidazole rings is 1. The van der Waals surface area contributed by atoms with Crippen molar-refractivity contribution < 1.29 is 9.21 Å². The maximum atomic E-state index is 12.6. The maximum absolute atomic E-state index is 12.6. The lowest BCUT2D eigenvalue weighted by molar-refractivity contribution is -0.121. The molecular formula is C19H24N6O4. The van der Waals surface area contributed by atoms with Crippen molar-refractivity contribution in [3.8, 4) is 0 Å². The molecule has 1 atom stereocenters. The summed E-state index contributed by atoms with van der Waals surface area (Å²) in [5, 5.41) is 2.94. The fraction of sp³-hybridized carbons (Fsp3) is 0.474. The normalized spacial score (nSPS) is 15.8. The maximum Gasteiger partial charge on any atom is 0.332 e. The van der Waals surface area contributed by atoms with Crippen molar-refractivity contribution in [1.29, 1.82) is 0 Å². The van der Waals surface area contributed by atoms with Crippen molar-refractivity contribution >= 4 is 17.1 Å². The lowest BCUT2D eigenvalue weighted by atomic mass is 10.2. The summed E-state index contributed by atoms with van der Waals surface area (Å²) in [5.41, 5.74) is -0.439. The van der Waals surface area contributed by atoms with Crippen LogP contribution >= 0.6 is 0 Å². The average molecular weight is 400 g/mol. The first kappa shape index (κ1) is 19.2. The molecule has 10 heteroatoms. The first-order valence-electron chi connectivity index (χ1n) is 9.62. The second kappa shape index (κ2) is 7.70. The average Bonchev–Trinajstić information content (AvgIpc) is 3.47. The third-order valence-corrected chi connectivity index (χ3v) is 5.48. The van der Waals surface area contributed by atoms with Crippen LogP contribution in [-0.4, -0.2) is 49.1 Å². The predicted octanol–water partition coefficient (Wildman–Crippen LogP) is -0.0200. The van der Waals surface area contributed by atoms with E-state index in [9.17, 15) is 14.4 Å². The van der Waals surface area contributed by atoms with Gasteiger partial charge < -0.3 is 14.3 Å². The zero-order valence-corrected chi connectivity index (χ0v) is 16.5. The molecule has 0 aliphatic carbocycles. The van der Waals surface area contributed by atoms with E-state index < -0.39 is 11.2 Å². The fourth-order valence-electron chi connectivity index (χ4n) is 3.88. The minimum Gasteiger partial charge on any atom is -0.468 e. The van der Waals surface area contributed by atoms with E-state index in [2.05, 4.69) is 15.2 Å². The van der Waals surface area contributed by atoms with Crippen molar-refractivity contribution in [2.45, 2.75) is 25.4 Å². The van der Waals surface area contributed by atoms with E-state index in [-0.39, 0.29) is 29.7 Å². The number of nitrogens with one attached hydrogen (secondary N) is 1. The molecule has 0 spiro atoms. The number of fused-ring (bicyclic) bond motifs is 1. The summed E-state index contributed by atoms with van der Waals surface area (Å²) in [4.78, 5) is 43.6. The summed E-state index contributed by atoms with van der Waals surface area (Å²) in [7, 11) is 2.96. The van der Waals surface area contributed by atoms with E-state index in [0.29, 0.717) is 6.54 Å². The third kappa shape index (κ3) is 3.51. The van der Waals surface area contributed by atoms with Crippen LogP contribution in [-0.2, 0) is 25.4 Å². The van der Waals surface area contributed by atoms with Crippen LogP contribution < -0.4 is 16.6 Å². The van der Waals surface area contributed by atoms with Crippen LogP contribution in [0.15, 0.2) is 38.7 Å². The Labute approximate surface area is 166 Å². The molecule has 1 amide bonds. The summed E-state index contributed by atoms with van der Waals surface area (Å²) in [6, 6.07) is 3.74. The predicted molar refractivity (Wildman–Crippen MR) is 105 cm³/mol. The van der Waals surface area contributed by atoms with E-state index >= 15 is 0 Å². The second-order valence-corrected chi connectivity index (χ2v) is 7.33. The fourth-order valence-corrected chi connectivity index (χ4v) is 3.88. The van der Waals surface area contributed by atoms with E-state index in [1.54, 1.807) is 13.3 Å². The number of aromatic nitrogens is 4. The monoisotopic (exact) mass is 400 g/mol. The second-order valence-electron chi connectivity index (χ2n) is 7.33. The first-order valence-corrected chi connectivity index (χ1v) is 9.62. The largest absolute Gasteiger partial charge is 0.468 e. The molecule has 0 aromatic carbocycles. The Hall–Kier alpha value is -3.14. The van der Waals surface area contributed by atoms with Crippen LogP contribution in [0, 0.1) is 0 Å². The zero-order valence-electron chi connectivity index (χ0n) is 16.5. The van der Waals surface area contributed by atoms with Gasteiger partial charge in [-0.25, -0.2) is 9.78 Å². The molecule has 29 heavy (non-hydrogen) atoms. The van der Waals surface area contributed by atoms with Gasteiger partial charge in [0, 0.05) is 20.6 Å². The van der Waals surface area contributed by atoms with Gasteiger partial charge in [0.15, 0.2) is 11.2 Å². The lowest BCUT2D eigenvalue weighted by Gasteiger charge is -2.26. The Morgan fingerprint density at radius 2 is 2.00 bits per heavy atom. The van der Waals surface area contributed by atoms with Crippen LogP contribution in [0.2, 0.25) is 0 Å². The Balaban J connectivity index is 1.51. The summed E-state index contributed by atoms with van der Waals surface area (Å²) >= 11 is 0. The molecule has 0 bridgehead atoms. The van der Waals surface area contributed by atoms with Crippen molar-refractivity contribution in [2.75, 3.05) is 19.6 Å². The molecule has 1 N–H and O–H groups in total. The molecule has 1 saturated heterocycles. The van der Waals surface area contributed by atoms with Gasteiger partial charge in [0.25, 0.3) is 5.56 Å². The smallest absolute Gasteiger partial charge is 0.332 e. The number of carbonyl (C=O) groups excluding carboxylic acids is 1. The number of hydrogen-bond donors (Lipinski definition) is 1. The lowest BCUT2D eigenvalue weighted by Crippen LogP contribution is -2.39. The number of carbonyl (C=O) groups is 1. The first-order chi connectivity index (χ1) is 14.0. The quantitative estimate of drug-likeness (QED) is 0.623. The van der Waals surface area contributed by atoms with Gasteiger partial charge in [-0.1, -0.05) is 0 Å². The Morgan fingerprint density at radius 1 is 1.24 bits per heavy atom. The van der Waals surface area contributed by atoms with Crippen LogP contribution in [0.1, 0.15) is 24.6 Å². The molecule has 3 aromatic heterocycles. The van der Waals surface area contributed by atoms with Crippen LogP contribution in [0.4, 0.5) is 0 Å². The summed E-state index contributed by atoms with van der Waals surface area (Å²) in [6.07, 6.45) is 5.32. The summed E-state index contributed by atoms with van der Waals surface area (Å²) < 4.78 is 9.36. The number of furan rings is 1. The Kier molecular flexibility index (Phi) is 5.10. The topological polar surface area (TPSA) is 107 Å². The van der Waals surface area contributed by atoms with Crippen molar-refractivity contribution in [3.63, 3.8) is 0 Å². The van der Waals surface area contributed by atoms with Crippen LogP contribution in [0.5, 0.6) is 0 Å². The van der Waals surface area contributed by atoms with Crippen molar-refractivity contribution in [2.24, 2.45) is 14.1 Å². The van der Waals surface area contributed by atoms with Gasteiger partial charge in [0.05, 0.1) is 18.6 Å². The Morgan fingerprint density at radius 3 is 2.69 bits per heavy atom. The molecule has 0 unspecified atom stereocenters. The summed E-state index contributed by atoms with van der Waals surface area (Å²) in [6.45, 7) is 2.29. The number of nitrogens with zero attached hydrogens (tertiary/aromatic N) is 5. The molecule has 1 aliphatic heterocycles. The molecule has 1 fully saturated rings. The molecule has 0 radical (unpaired) electrons. The summed E-state index contributed by atoms with van der Waals surface area (Å²) in [5.74, 6) is 0.583. The van der Waals surface area contributed by atoms with Crippen molar-refractivity contribution in [3.05, 3.63) is 51.3 Å². The number of amides is 1. The van der Waals surface area contributed by atoms with E-state index in [4.69, 9.17) is 4.42 Å². The Bertz CT molecular complexity index is 1130. The highest BCUT2D eigenvalue weighted by Gasteiger charge is 2.26. The van der Waals surface area contributed by atoms with E-state index in [1.165, 1.54) is 22.5 Å². The number of hydrogen-bond acceptors (Lipinski definition) is 6. The van der Waals surface area contributed by atoms with Gasteiger partial charge in [-0.2, -0.15) is 0 Å². The molecule has 1 aliphatic rings. The highest BCUT2D eigenvalue weighted by molar-refractivity contribution is 5.78. The van der Waals surface area contributed by atoms with Crippen LogP contribution in [0.3, 0.4) is 0 Å². The van der Waals surface area contributed by atoms with Crippen LogP contribution in [0.25, 0.3) is 11.2 Å². The molecule has 154 valence electrons. The van der Waals surface area contributed by atoms with Gasteiger partial charge in [0.1, 0.15) is 12.3 Å². The zero-order chi connectivity index (χ0) is 20.5. The standard InChI is InChI=1S/C19H24N6O4/c1-22-17-16(18(27)23(2)19(22)28)25(12-21-17)11-15(26)20-10-13(14-6-5-9-29-14)24-7-3-4-8-24/h5-6,9,12-13H,3-4,7-8,10-11H2,1-2H3,(H,20,26)/t13-/m0/s1. The molecule has 10 nitrogen and oxygen atoms in total. The third-order valence-electron chi connectivity index (χ3n) is 5.48. The SMILES string of the molecule is Cn1c(=O)c2c(ncn2CC(=O)NC[C@@H](c2ccco2)N2CCCC2)n(C)c1=O. The number of aryl methyl sites for hydroxylation is 1. The number of likely N-dealkylation sites (tertiary alicyclic amines) is 1. The van der Waals surface area contributed by atoms with Gasteiger partial charge in [-0.05, 0) is 38.1 Å². The molecular weight excluding hydrogens is 376 g/mol. The van der Waals surface area contributed by atoms with Crippen molar-refractivity contribution in [1.82, 2.24) is 28.9 Å². The van der Waals surface area contributed by atoms with Gasteiger partial charge in [-0.15, -0.1) is 0 Å².